The summed E-state index contributed by atoms with van der Waals surface area (Å²) in [5.41, 5.74) is 4.34. The number of hydrogen-bond acceptors (Lipinski definition) is 3. The summed E-state index contributed by atoms with van der Waals surface area (Å²) in [6, 6.07) is 15.2. The van der Waals surface area contributed by atoms with Gasteiger partial charge in [-0.1, -0.05) is 40.2 Å². The van der Waals surface area contributed by atoms with Crippen molar-refractivity contribution in [2.45, 2.75) is 26.4 Å². The number of halogens is 1. The highest BCUT2D eigenvalue weighted by molar-refractivity contribution is 9.10. The van der Waals surface area contributed by atoms with Gasteiger partial charge in [-0.25, -0.2) is 5.43 Å². The lowest BCUT2D eigenvalue weighted by Gasteiger charge is -2.09. The Balaban J connectivity index is 1.88. The van der Waals surface area contributed by atoms with Gasteiger partial charge >= 0.3 is 0 Å². The van der Waals surface area contributed by atoms with Gasteiger partial charge in [-0.15, -0.1) is 0 Å². The van der Waals surface area contributed by atoms with Crippen molar-refractivity contribution in [1.29, 1.82) is 0 Å². The molecule has 0 bridgehead atoms. The second-order valence-electron chi connectivity index (χ2n) is 5.34. The molecule has 0 aliphatic heterocycles. The van der Waals surface area contributed by atoms with E-state index in [0.29, 0.717) is 6.42 Å². The number of carbonyl (C=O) groups is 1. The molecule has 0 unspecified atom stereocenters. The molecule has 0 saturated carbocycles. The van der Waals surface area contributed by atoms with Crippen molar-refractivity contribution in [3.05, 3.63) is 64.1 Å². The topological polar surface area (TPSA) is 50.7 Å². The van der Waals surface area contributed by atoms with Crippen LogP contribution in [-0.4, -0.2) is 18.2 Å². The van der Waals surface area contributed by atoms with Crippen LogP contribution in [0.5, 0.6) is 5.75 Å². The first-order valence-corrected chi connectivity index (χ1v) is 8.15. The molecule has 0 aromatic heterocycles. The molecule has 0 heterocycles. The average molecular weight is 375 g/mol. The van der Waals surface area contributed by atoms with E-state index in [1.165, 1.54) is 0 Å². The van der Waals surface area contributed by atoms with Crippen LogP contribution in [0.4, 0.5) is 0 Å². The minimum Gasteiger partial charge on any atom is -0.491 e. The highest BCUT2D eigenvalue weighted by atomic mass is 79.9. The molecule has 0 spiro atoms. The third-order valence-corrected chi connectivity index (χ3v) is 3.44. The van der Waals surface area contributed by atoms with Gasteiger partial charge in [0, 0.05) is 4.47 Å². The van der Waals surface area contributed by atoms with Gasteiger partial charge in [0.25, 0.3) is 0 Å². The van der Waals surface area contributed by atoms with E-state index >= 15 is 0 Å². The molecule has 0 atom stereocenters. The van der Waals surface area contributed by atoms with Crippen LogP contribution in [-0.2, 0) is 11.2 Å². The molecule has 0 radical (unpaired) electrons. The largest absolute Gasteiger partial charge is 0.491 e. The minimum atomic E-state index is -0.154. The molecule has 0 saturated heterocycles. The fourth-order valence-corrected chi connectivity index (χ4v) is 2.21. The second-order valence-corrected chi connectivity index (χ2v) is 6.25. The van der Waals surface area contributed by atoms with Crippen LogP contribution in [0.2, 0.25) is 0 Å². The van der Waals surface area contributed by atoms with Crippen LogP contribution in [0, 0.1) is 0 Å². The van der Waals surface area contributed by atoms with Crippen molar-refractivity contribution >= 4 is 28.1 Å². The number of hydrogen-bond donors (Lipinski definition) is 1. The summed E-state index contributed by atoms with van der Waals surface area (Å²) in [4.78, 5) is 11.8. The first kappa shape index (κ1) is 17.2. The summed E-state index contributed by atoms with van der Waals surface area (Å²) in [6.45, 7) is 3.95. The Morgan fingerprint density at radius 2 is 2.00 bits per heavy atom. The lowest BCUT2D eigenvalue weighted by molar-refractivity contribution is -0.120. The molecule has 0 aliphatic rings. The quantitative estimate of drug-likeness (QED) is 0.615. The van der Waals surface area contributed by atoms with E-state index < -0.39 is 0 Å². The van der Waals surface area contributed by atoms with E-state index in [2.05, 4.69) is 26.5 Å². The van der Waals surface area contributed by atoms with Crippen LogP contribution in [0.25, 0.3) is 0 Å². The van der Waals surface area contributed by atoms with Crippen molar-refractivity contribution in [3.8, 4) is 5.75 Å². The first-order chi connectivity index (χ1) is 11.0. The van der Waals surface area contributed by atoms with Crippen LogP contribution in [0.1, 0.15) is 25.0 Å². The Bertz CT molecular complexity index is 682. The van der Waals surface area contributed by atoms with Gasteiger partial charge in [0.05, 0.1) is 18.7 Å². The second kappa shape index (κ2) is 8.48. The molecule has 0 aliphatic carbocycles. The molecule has 120 valence electrons. The van der Waals surface area contributed by atoms with E-state index in [-0.39, 0.29) is 12.0 Å². The summed E-state index contributed by atoms with van der Waals surface area (Å²) < 4.78 is 6.61. The van der Waals surface area contributed by atoms with Gasteiger partial charge in [-0.05, 0) is 49.2 Å². The van der Waals surface area contributed by atoms with Gasteiger partial charge in [-0.2, -0.15) is 5.10 Å². The van der Waals surface area contributed by atoms with Crippen molar-refractivity contribution in [1.82, 2.24) is 5.43 Å². The highest BCUT2D eigenvalue weighted by Gasteiger charge is 2.02. The third-order valence-electron chi connectivity index (χ3n) is 2.91. The van der Waals surface area contributed by atoms with Crippen LogP contribution in [0.15, 0.2) is 58.1 Å². The summed E-state index contributed by atoms with van der Waals surface area (Å²) >= 11 is 3.37. The zero-order valence-electron chi connectivity index (χ0n) is 13.1. The number of amides is 1. The Kier molecular flexibility index (Phi) is 6.35. The maximum Gasteiger partial charge on any atom is 0.244 e. The molecular formula is C18H19BrN2O2. The molecule has 2 rings (SSSR count). The number of carbonyl (C=O) groups excluding carboxylic acids is 1. The van der Waals surface area contributed by atoms with Crippen LogP contribution in [0.3, 0.4) is 0 Å². The van der Waals surface area contributed by atoms with E-state index in [4.69, 9.17) is 4.74 Å². The predicted molar refractivity (Wildman–Crippen MR) is 95.8 cm³/mol. The molecule has 2 aromatic rings. The summed E-state index contributed by atoms with van der Waals surface area (Å²) in [7, 11) is 0. The fourth-order valence-electron chi connectivity index (χ4n) is 1.95. The molecule has 5 heteroatoms. The zero-order valence-corrected chi connectivity index (χ0v) is 14.7. The molecule has 23 heavy (non-hydrogen) atoms. The Morgan fingerprint density at radius 3 is 2.70 bits per heavy atom. The highest BCUT2D eigenvalue weighted by Crippen LogP contribution is 2.13. The van der Waals surface area contributed by atoms with Crippen molar-refractivity contribution < 1.29 is 9.53 Å². The lowest BCUT2D eigenvalue weighted by Crippen LogP contribution is -2.19. The van der Waals surface area contributed by atoms with Crippen molar-refractivity contribution in [2.75, 3.05) is 0 Å². The van der Waals surface area contributed by atoms with E-state index in [1.807, 2.05) is 62.4 Å². The maximum atomic E-state index is 11.8. The molecule has 2 aromatic carbocycles. The van der Waals surface area contributed by atoms with Crippen LogP contribution < -0.4 is 10.2 Å². The Hall–Kier alpha value is -2.14. The SMILES string of the molecule is CC(C)Oc1cccc(/C=N\NC(=O)Cc2ccc(Br)cc2)c1. The summed E-state index contributed by atoms with van der Waals surface area (Å²) in [5, 5.41) is 3.99. The molecule has 1 amide bonds. The molecule has 1 N–H and O–H groups in total. The normalized spacial score (nSPS) is 11.0. The standard InChI is InChI=1S/C18H19BrN2O2/c1-13(2)23-17-5-3-4-15(10-17)12-20-21-18(22)11-14-6-8-16(19)9-7-14/h3-10,12-13H,11H2,1-2H3,(H,21,22)/b20-12-. The maximum absolute atomic E-state index is 11.8. The van der Waals surface area contributed by atoms with Crippen LogP contribution >= 0.6 is 15.9 Å². The predicted octanol–water partition coefficient (Wildman–Crippen LogP) is 3.93. The van der Waals surface area contributed by atoms with Crippen molar-refractivity contribution in [2.24, 2.45) is 5.10 Å². The number of nitrogens with one attached hydrogen (secondary N) is 1. The first-order valence-electron chi connectivity index (χ1n) is 7.36. The minimum absolute atomic E-state index is 0.118. The number of hydrazone groups is 1. The van der Waals surface area contributed by atoms with E-state index in [1.54, 1.807) is 6.21 Å². The van der Waals surface area contributed by atoms with Gasteiger partial charge in [0.2, 0.25) is 5.91 Å². The number of benzene rings is 2. The zero-order chi connectivity index (χ0) is 16.7. The molecular weight excluding hydrogens is 356 g/mol. The average Bonchev–Trinajstić information content (AvgIpc) is 2.49. The van der Waals surface area contributed by atoms with Gasteiger partial charge < -0.3 is 4.74 Å². The van der Waals surface area contributed by atoms with E-state index in [9.17, 15) is 4.79 Å². The van der Waals surface area contributed by atoms with Gasteiger partial charge in [0.15, 0.2) is 0 Å². The molecule has 0 fully saturated rings. The smallest absolute Gasteiger partial charge is 0.244 e. The fraction of sp³-hybridized carbons (Fsp3) is 0.222. The molecule has 4 nitrogen and oxygen atoms in total. The number of rotatable bonds is 6. The van der Waals surface area contributed by atoms with E-state index in [0.717, 1.165) is 21.3 Å². The number of nitrogens with zero attached hydrogens (tertiary/aromatic N) is 1. The monoisotopic (exact) mass is 374 g/mol. The lowest BCUT2D eigenvalue weighted by atomic mass is 10.1. The summed E-state index contributed by atoms with van der Waals surface area (Å²) in [5.74, 6) is 0.628. The summed E-state index contributed by atoms with van der Waals surface area (Å²) in [6.07, 6.45) is 2.01. The Morgan fingerprint density at radius 1 is 1.26 bits per heavy atom. The third kappa shape index (κ3) is 6.24. The van der Waals surface area contributed by atoms with Gasteiger partial charge in [-0.3, -0.25) is 4.79 Å². The Labute approximate surface area is 144 Å². The van der Waals surface area contributed by atoms with Gasteiger partial charge in [0.1, 0.15) is 5.75 Å². The number of ether oxygens (including phenoxy) is 1. The van der Waals surface area contributed by atoms with Crippen molar-refractivity contribution in [3.63, 3.8) is 0 Å².